The van der Waals surface area contributed by atoms with Gasteiger partial charge in [-0.25, -0.2) is 0 Å². The van der Waals surface area contributed by atoms with Crippen LogP contribution in [0.15, 0.2) is 65.8 Å². The Labute approximate surface area is 137 Å². The first-order valence-electron chi connectivity index (χ1n) is 7.38. The van der Waals surface area contributed by atoms with Crippen molar-refractivity contribution in [2.24, 2.45) is 5.16 Å². The monoisotopic (exact) mass is 311 g/mol. The summed E-state index contributed by atoms with van der Waals surface area (Å²) in [6.07, 6.45) is 5.58. The Kier molecular flexibility index (Phi) is 6.88. The lowest BCUT2D eigenvalue weighted by Gasteiger charge is -2.08. The zero-order chi connectivity index (χ0) is 16.3. The number of nitrogens with zero attached hydrogens (tertiary/aromatic N) is 1. The molecule has 23 heavy (non-hydrogen) atoms. The lowest BCUT2D eigenvalue weighted by Crippen LogP contribution is -1.94. The van der Waals surface area contributed by atoms with Crippen LogP contribution in [0.5, 0.6) is 5.75 Å². The van der Waals surface area contributed by atoms with Gasteiger partial charge in [0.2, 0.25) is 0 Å². The molecule has 0 N–H and O–H groups in total. The van der Waals surface area contributed by atoms with E-state index < -0.39 is 0 Å². The zero-order valence-electron chi connectivity index (χ0n) is 13.4. The third kappa shape index (κ3) is 5.27. The van der Waals surface area contributed by atoms with Gasteiger partial charge in [-0.3, -0.25) is 0 Å². The van der Waals surface area contributed by atoms with Crippen LogP contribution in [-0.4, -0.2) is 33.6 Å². The molecule has 0 bridgehead atoms. The van der Waals surface area contributed by atoms with Crippen LogP contribution in [0.3, 0.4) is 0 Å². The normalized spacial score (nSPS) is 11.2. The van der Waals surface area contributed by atoms with Crippen molar-refractivity contribution in [3.05, 3.63) is 66.2 Å². The molecule has 0 aliphatic rings. The second-order valence-corrected chi connectivity index (χ2v) is 4.77. The topological polar surface area (TPSA) is 40.0 Å². The molecule has 0 atom stereocenters. The minimum atomic E-state index is 0.528. The number of benzene rings is 2. The molecular formula is C19H21NO3. The lowest BCUT2D eigenvalue weighted by molar-refractivity contribution is 0.215. The first kappa shape index (κ1) is 16.8. The van der Waals surface area contributed by atoms with Crippen molar-refractivity contribution in [1.82, 2.24) is 0 Å². The summed E-state index contributed by atoms with van der Waals surface area (Å²) < 4.78 is 10.6. The summed E-state index contributed by atoms with van der Waals surface area (Å²) in [6, 6.07) is 16.0. The Morgan fingerprint density at radius 2 is 1.65 bits per heavy atom. The molecule has 0 aliphatic carbocycles. The zero-order valence-corrected chi connectivity index (χ0v) is 13.4. The van der Waals surface area contributed by atoms with E-state index >= 15 is 0 Å². The smallest absolute Gasteiger partial charge is 0.119 e. The molecule has 0 fully saturated rings. The van der Waals surface area contributed by atoms with Gasteiger partial charge >= 0.3 is 0 Å². The molecule has 4 nitrogen and oxygen atoms in total. The maximum Gasteiger partial charge on any atom is 0.119 e. The minimum Gasteiger partial charge on any atom is -0.490 e. The van der Waals surface area contributed by atoms with E-state index in [1.165, 1.54) is 7.11 Å². The van der Waals surface area contributed by atoms with Crippen molar-refractivity contribution in [2.75, 3.05) is 27.4 Å². The van der Waals surface area contributed by atoms with E-state index in [2.05, 4.69) is 11.2 Å². The number of ether oxygens (including phenoxy) is 2. The van der Waals surface area contributed by atoms with E-state index in [0.29, 0.717) is 13.2 Å². The molecule has 4 heteroatoms. The Morgan fingerprint density at radius 1 is 0.913 bits per heavy atom. The minimum absolute atomic E-state index is 0.528. The van der Waals surface area contributed by atoms with Gasteiger partial charge in [-0.1, -0.05) is 47.6 Å². The van der Waals surface area contributed by atoms with Crippen molar-refractivity contribution in [1.29, 1.82) is 0 Å². The number of oxime groups is 1. The van der Waals surface area contributed by atoms with Gasteiger partial charge in [0, 0.05) is 12.7 Å². The van der Waals surface area contributed by atoms with E-state index in [1.54, 1.807) is 13.3 Å². The highest BCUT2D eigenvalue weighted by atomic mass is 16.6. The Morgan fingerprint density at radius 3 is 2.39 bits per heavy atom. The van der Waals surface area contributed by atoms with Gasteiger partial charge in [0.25, 0.3) is 0 Å². The molecule has 0 unspecified atom stereocenters. The molecule has 120 valence electrons. The fraction of sp³-hybridized carbons (Fsp3) is 0.211. The van der Waals surface area contributed by atoms with Gasteiger partial charge in [0.05, 0.1) is 12.8 Å². The summed E-state index contributed by atoms with van der Waals surface area (Å²) in [4.78, 5) is 4.76. The second-order valence-electron chi connectivity index (χ2n) is 4.77. The average molecular weight is 311 g/mol. The maximum absolute atomic E-state index is 5.65. The van der Waals surface area contributed by atoms with Crippen LogP contribution in [0, 0.1) is 0 Å². The Hall–Kier alpha value is -2.59. The van der Waals surface area contributed by atoms with Gasteiger partial charge in [-0.2, -0.15) is 0 Å². The van der Waals surface area contributed by atoms with E-state index in [9.17, 15) is 0 Å². The van der Waals surface area contributed by atoms with Crippen molar-refractivity contribution in [3.8, 4) is 16.9 Å². The summed E-state index contributed by atoms with van der Waals surface area (Å²) in [7, 11) is 3.20. The van der Waals surface area contributed by atoms with E-state index in [1.807, 2.05) is 54.6 Å². The molecule has 0 heterocycles. The van der Waals surface area contributed by atoms with Gasteiger partial charge in [0.1, 0.15) is 19.5 Å². The highest BCUT2D eigenvalue weighted by molar-refractivity contribution is 5.90. The Bertz CT molecular complexity index is 648. The van der Waals surface area contributed by atoms with Crippen LogP contribution in [0.4, 0.5) is 0 Å². The second kappa shape index (κ2) is 9.43. The fourth-order valence-corrected chi connectivity index (χ4v) is 2.09. The molecule has 2 aromatic carbocycles. The van der Waals surface area contributed by atoms with Crippen LogP contribution >= 0.6 is 0 Å². The van der Waals surface area contributed by atoms with Gasteiger partial charge in [-0.05, 0) is 29.3 Å². The molecule has 0 aliphatic heterocycles. The van der Waals surface area contributed by atoms with Gasteiger partial charge in [0.15, 0.2) is 0 Å². The Balaban J connectivity index is 2.06. The molecule has 0 saturated heterocycles. The standard InChI is InChI=1S/C19H21NO3/c1-21-13-5-6-14-23-18-11-9-16(10-12-18)19-8-4-3-7-17(19)15-20-22-2/h3-12,15H,13-14H2,1-2H3/b6-5-,20-15+. The molecule has 2 aromatic rings. The summed E-state index contributed by atoms with van der Waals surface area (Å²) >= 11 is 0. The summed E-state index contributed by atoms with van der Waals surface area (Å²) in [6.45, 7) is 1.13. The summed E-state index contributed by atoms with van der Waals surface area (Å²) in [5.41, 5.74) is 3.20. The molecule has 0 aromatic heterocycles. The quantitative estimate of drug-likeness (QED) is 0.421. The van der Waals surface area contributed by atoms with E-state index in [0.717, 1.165) is 22.4 Å². The largest absolute Gasteiger partial charge is 0.490 e. The predicted molar refractivity (Wildman–Crippen MR) is 93.0 cm³/mol. The molecule has 0 amide bonds. The molecule has 0 radical (unpaired) electrons. The third-order valence-electron chi connectivity index (χ3n) is 3.20. The van der Waals surface area contributed by atoms with Gasteiger partial charge in [-0.15, -0.1) is 0 Å². The first-order chi connectivity index (χ1) is 11.3. The van der Waals surface area contributed by atoms with Crippen LogP contribution in [-0.2, 0) is 9.57 Å². The summed E-state index contributed by atoms with van der Waals surface area (Å²) in [5.74, 6) is 0.832. The number of rotatable bonds is 8. The van der Waals surface area contributed by atoms with Crippen LogP contribution in [0.25, 0.3) is 11.1 Å². The molecule has 0 saturated carbocycles. The fourth-order valence-electron chi connectivity index (χ4n) is 2.09. The van der Waals surface area contributed by atoms with Gasteiger partial charge < -0.3 is 14.3 Å². The molecule has 0 spiro atoms. The van der Waals surface area contributed by atoms with Crippen molar-refractivity contribution >= 4 is 6.21 Å². The van der Waals surface area contributed by atoms with Crippen LogP contribution < -0.4 is 4.74 Å². The molecular weight excluding hydrogens is 290 g/mol. The summed E-state index contributed by atoms with van der Waals surface area (Å²) in [5, 5.41) is 3.84. The van der Waals surface area contributed by atoms with Crippen LogP contribution in [0.2, 0.25) is 0 Å². The molecule has 2 rings (SSSR count). The predicted octanol–water partition coefficient (Wildman–Crippen LogP) is 3.92. The van der Waals surface area contributed by atoms with Crippen molar-refractivity contribution in [3.63, 3.8) is 0 Å². The van der Waals surface area contributed by atoms with E-state index in [4.69, 9.17) is 14.3 Å². The van der Waals surface area contributed by atoms with Crippen LogP contribution in [0.1, 0.15) is 5.56 Å². The average Bonchev–Trinajstić information content (AvgIpc) is 2.61. The van der Waals surface area contributed by atoms with Crippen molar-refractivity contribution in [2.45, 2.75) is 0 Å². The number of methoxy groups -OCH3 is 1. The highest BCUT2D eigenvalue weighted by Crippen LogP contribution is 2.25. The number of hydrogen-bond donors (Lipinski definition) is 0. The van der Waals surface area contributed by atoms with E-state index in [-0.39, 0.29) is 0 Å². The SMILES string of the molecule is COC/C=C\COc1ccc(-c2ccccc2/C=N/OC)cc1. The third-order valence-corrected chi connectivity index (χ3v) is 3.20. The first-order valence-corrected chi connectivity index (χ1v) is 7.38. The maximum atomic E-state index is 5.65. The lowest BCUT2D eigenvalue weighted by atomic mass is 10.0. The number of hydrogen-bond acceptors (Lipinski definition) is 4. The highest BCUT2D eigenvalue weighted by Gasteiger charge is 2.03. The van der Waals surface area contributed by atoms with Crippen molar-refractivity contribution < 1.29 is 14.3 Å².